The van der Waals surface area contributed by atoms with Crippen molar-refractivity contribution in [2.75, 3.05) is 7.11 Å². The highest BCUT2D eigenvalue weighted by Crippen LogP contribution is 2.28. The third kappa shape index (κ3) is 2.48. The molecule has 1 saturated carbocycles. The Morgan fingerprint density at radius 2 is 2.17 bits per heavy atom. The SMILES string of the molecule is COC1CCCCC1CC(N)=O. The molecule has 0 aliphatic heterocycles. The van der Waals surface area contributed by atoms with Gasteiger partial charge in [-0.05, 0) is 18.8 Å². The predicted octanol–water partition coefficient (Wildman–Crippen LogP) is 1.07. The van der Waals surface area contributed by atoms with Gasteiger partial charge in [0.1, 0.15) is 0 Å². The lowest BCUT2D eigenvalue weighted by Gasteiger charge is -2.29. The molecule has 12 heavy (non-hydrogen) atoms. The second-order valence-corrected chi connectivity index (χ2v) is 3.49. The van der Waals surface area contributed by atoms with Crippen molar-refractivity contribution in [2.45, 2.75) is 38.2 Å². The van der Waals surface area contributed by atoms with Crippen LogP contribution in [-0.4, -0.2) is 19.1 Å². The number of ether oxygens (including phenoxy) is 1. The second kappa shape index (κ2) is 4.45. The second-order valence-electron chi connectivity index (χ2n) is 3.49. The lowest BCUT2D eigenvalue weighted by Crippen LogP contribution is -2.30. The minimum atomic E-state index is -0.205. The fourth-order valence-electron chi connectivity index (χ4n) is 1.98. The average Bonchev–Trinajstić information content (AvgIpc) is 2.04. The first-order valence-corrected chi connectivity index (χ1v) is 4.55. The van der Waals surface area contributed by atoms with Gasteiger partial charge in [0.15, 0.2) is 0 Å². The zero-order valence-corrected chi connectivity index (χ0v) is 7.58. The van der Waals surface area contributed by atoms with Crippen LogP contribution >= 0.6 is 0 Å². The van der Waals surface area contributed by atoms with E-state index >= 15 is 0 Å². The van der Waals surface area contributed by atoms with Crippen LogP contribution in [0.3, 0.4) is 0 Å². The third-order valence-corrected chi connectivity index (χ3v) is 2.61. The van der Waals surface area contributed by atoms with Gasteiger partial charge in [-0.2, -0.15) is 0 Å². The molecule has 0 spiro atoms. The predicted molar refractivity (Wildman–Crippen MR) is 46.6 cm³/mol. The van der Waals surface area contributed by atoms with Crippen molar-refractivity contribution in [3.63, 3.8) is 0 Å². The summed E-state index contributed by atoms with van der Waals surface area (Å²) < 4.78 is 5.30. The van der Waals surface area contributed by atoms with Crippen LogP contribution in [0.4, 0.5) is 0 Å². The average molecular weight is 171 g/mol. The Bertz CT molecular complexity index is 159. The standard InChI is InChI=1S/C9H17NO2/c1-12-8-5-3-2-4-7(8)6-9(10)11/h7-8H,2-6H2,1H3,(H2,10,11). The van der Waals surface area contributed by atoms with Gasteiger partial charge >= 0.3 is 0 Å². The maximum Gasteiger partial charge on any atom is 0.217 e. The molecule has 1 fully saturated rings. The van der Waals surface area contributed by atoms with Crippen LogP contribution < -0.4 is 5.73 Å². The molecule has 0 aromatic rings. The summed E-state index contributed by atoms with van der Waals surface area (Å²) in [6.45, 7) is 0. The highest BCUT2D eigenvalue weighted by molar-refractivity contribution is 5.74. The number of carbonyl (C=O) groups excluding carboxylic acids is 1. The molecule has 1 rings (SSSR count). The van der Waals surface area contributed by atoms with Gasteiger partial charge in [0.05, 0.1) is 6.10 Å². The molecule has 3 nitrogen and oxygen atoms in total. The molecule has 1 amide bonds. The number of rotatable bonds is 3. The third-order valence-electron chi connectivity index (χ3n) is 2.61. The summed E-state index contributed by atoms with van der Waals surface area (Å²) in [6, 6.07) is 0. The van der Waals surface area contributed by atoms with Gasteiger partial charge in [0, 0.05) is 13.5 Å². The summed E-state index contributed by atoms with van der Waals surface area (Å²) in [5, 5.41) is 0. The zero-order chi connectivity index (χ0) is 8.97. The molecule has 70 valence electrons. The lowest BCUT2D eigenvalue weighted by molar-refractivity contribution is -0.120. The quantitative estimate of drug-likeness (QED) is 0.690. The van der Waals surface area contributed by atoms with Crippen molar-refractivity contribution < 1.29 is 9.53 Å². The van der Waals surface area contributed by atoms with Gasteiger partial charge in [-0.25, -0.2) is 0 Å². The maximum absolute atomic E-state index is 10.7. The number of hydrogen-bond acceptors (Lipinski definition) is 2. The number of nitrogens with two attached hydrogens (primary N) is 1. The highest BCUT2D eigenvalue weighted by atomic mass is 16.5. The maximum atomic E-state index is 10.7. The molecule has 1 aliphatic carbocycles. The van der Waals surface area contributed by atoms with E-state index in [0.717, 1.165) is 12.8 Å². The minimum absolute atomic E-state index is 0.205. The van der Waals surface area contributed by atoms with E-state index in [9.17, 15) is 4.79 Å². The Morgan fingerprint density at radius 3 is 2.75 bits per heavy atom. The van der Waals surface area contributed by atoms with E-state index in [1.165, 1.54) is 12.8 Å². The van der Waals surface area contributed by atoms with Crippen LogP contribution in [0, 0.1) is 5.92 Å². The molecule has 0 saturated heterocycles. The van der Waals surface area contributed by atoms with Gasteiger partial charge in [0.25, 0.3) is 0 Å². The Kier molecular flexibility index (Phi) is 3.53. The molecule has 1 aliphatic rings. The molecule has 2 unspecified atom stereocenters. The van der Waals surface area contributed by atoms with Crippen LogP contribution in [0.15, 0.2) is 0 Å². The van der Waals surface area contributed by atoms with Gasteiger partial charge in [-0.3, -0.25) is 4.79 Å². The topological polar surface area (TPSA) is 52.3 Å². The van der Waals surface area contributed by atoms with Gasteiger partial charge in [-0.1, -0.05) is 12.8 Å². The van der Waals surface area contributed by atoms with E-state index in [1.54, 1.807) is 7.11 Å². The van der Waals surface area contributed by atoms with Crippen molar-refractivity contribution in [2.24, 2.45) is 11.7 Å². The molecule has 0 radical (unpaired) electrons. The number of primary amides is 1. The summed E-state index contributed by atoms with van der Waals surface area (Å²) >= 11 is 0. The van der Waals surface area contributed by atoms with Crippen LogP contribution in [0.25, 0.3) is 0 Å². The van der Waals surface area contributed by atoms with Crippen LogP contribution in [0.5, 0.6) is 0 Å². The Labute approximate surface area is 73.3 Å². The number of hydrogen-bond donors (Lipinski definition) is 1. The molecule has 0 aromatic heterocycles. The van der Waals surface area contributed by atoms with Gasteiger partial charge in [0.2, 0.25) is 5.91 Å². The zero-order valence-electron chi connectivity index (χ0n) is 7.58. The summed E-state index contributed by atoms with van der Waals surface area (Å²) in [4.78, 5) is 10.7. The normalized spacial score (nSPS) is 30.1. The molecule has 2 N–H and O–H groups in total. The molecular weight excluding hydrogens is 154 g/mol. The van der Waals surface area contributed by atoms with E-state index in [4.69, 9.17) is 10.5 Å². The van der Waals surface area contributed by atoms with Crippen molar-refractivity contribution in [3.8, 4) is 0 Å². The summed E-state index contributed by atoms with van der Waals surface area (Å²) in [5.41, 5.74) is 5.15. The van der Waals surface area contributed by atoms with Crippen LogP contribution in [0.1, 0.15) is 32.1 Å². The molecule has 2 atom stereocenters. The largest absolute Gasteiger partial charge is 0.381 e. The number of amides is 1. The van der Waals surface area contributed by atoms with E-state index in [1.807, 2.05) is 0 Å². The minimum Gasteiger partial charge on any atom is -0.381 e. The van der Waals surface area contributed by atoms with Crippen molar-refractivity contribution in [3.05, 3.63) is 0 Å². The Morgan fingerprint density at radius 1 is 1.50 bits per heavy atom. The Hall–Kier alpha value is -0.570. The summed E-state index contributed by atoms with van der Waals surface area (Å²) in [5.74, 6) is 0.158. The summed E-state index contributed by atoms with van der Waals surface area (Å²) in [6.07, 6.45) is 5.33. The van der Waals surface area contributed by atoms with Crippen LogP contribution in [-0.2, 0) is 9.53 Å². The molecular formula is C9H17NO2. The first kappa shape index (κ1) is 9.52. The molecule has 0 bridgehead atoms. The molecule has 3 heteroatoms. The van der Waals surface area contributed by atoms with E-state index < -0.39 is 0 Å². The smallest absolute Gasteiger partial charge is 0.217 e. The Balaban J connectivity index is 2.41. The lowest BCUT2D eigenvalue weighted by atomic mass is 9.84. The molecule has 0 aromatic carbocycles. The highest BCUT2D eigenvalue weighted by Gasteiger charge is 2.25. The fourth-order valence-corrected chi connectivity index (χ4v) is 1.98. The van der Waals surface area contributed by atoms with E-state index in [2.05, 4.69) is 0 Å². The van der Waals surface area contributed by atoms with Gasteiger partial charge < -0.3 is 10.5 Å². The van der Waals surface area contributed by atoms with Crippen molar-refractivity contribution >= 4 is 5.91 Å². The van der Waals surface area contributed by atoms with E-state index in [-0.39, 0.29) is 12.0 Å². The van der Waals surface area contributed by atoms with E-state index in [0.29, 0.717) is 12.3 Å². The number of methoxy groups -OCH3 is 1. The fraction of sp³-hybridized carbons (Fsp3) is 0.889. The first-order chi connectivity index (χ1) is 5.74. The van der Waals surface area contributed by atoms with Crippen molar-refractivity contribution in [1.29, 1.82) is 0 Å². The van der Waals surface area contributed by atoms with Crippen LogP contribution in [0.2, 0.25) is 0 Å². The first-order valence-electron chi connectivity index (χ1n) is 4.55. The monoisotopic (exact) mass is 171 g/mol. The van der Waals surface area contributed by atoms with Gasteiger partial charge in [-0.15, -0.1) is 0 Å². The summed E-state index contributed by atoms with van der Waals surface area (Å²) in [7, 11) is 1.71. The number of carbonyl (C=O) groups is 1. The molecule has 0 heterocycles. The van der Waals surface area contributed by atoms with Crippen molar-refractivity contribution in [1.82, 2.24) is 0 Å².